The Morgan fingerprint density at radius 2 is 2.25 bits per heavy atom. The molecule has 0 aromatic rings. The molecule has 1 amide bonds. The molecule has 1 saturated heterocycles. The Kier molecular flexibility index (Phi) is 2.87. The number of rotatable bonds is 1. The van der Waals surface area contributed by atoms with E-state index in [-0.39, 0.29) is 5.91 Å². The lowest BCUT2D eigenvalue weighted by Gasteiger charge is -2.37. The average Bonchev–Trinajstić information content (AvgIpc) is 2.03. The Morgan fingerprint density at radius 1 is 1.58 bits per heavy atom. The number of nitrogens with zero attached hydrogens (tertiary/aromatic N) is 2. The first-order valence-corrected chi connectivity index (χ1v) is 4.26. The summed E-state index contributed by atoms with van der Waals surface area (Å²) in [6.45, 7) is 8.29. The maximum Gasteiger partial charge on any atom is 0.246 e. The summed E-state index contributed by atoms with van der Waals surface area (Å²) in [6.07, 6.45) is 1.39. The van der Waals surface area contributed by atoms with Crippen LogP contribution in [0.5, 0.6) is 0 Å². The van der Waals surface area contributed by atoms with Crippen LogP contribution in [0.15, 0.2) is 12.7 Å². The van der Waals surface area contributed by atoms with Crippen LogP contribution in [0.4, 0.5) is 0 Å². The van der Waals surface area contributed by atoms with Crippen molar-refractivity contribution in [2.24, 2.45) is 0 Å². The molecule has 1 fully saturated rings. The number of piperazine rings is 1. The van der Waals surface area contributed by atoms with E-state index in [2.05, 4.69) is 25.5 Å². The third kappa shape index (κ3) is 1.85. The number of carbonyl (C=O) groups excluding carboxylic acids is 1. The second kappa shape index (κ2) is 3.72. The van der Waals surface area contributed by atoms with Gasteiger partial charge < -0.3 is 9.80 Å². The highest BCUT2D eigenvalue weighted by molar-refractivity contribution is 5.87. The molecule has 68 valence electrons. The van der Waals surface area contributed by atoms with Gasteiger partial charge in [-0.3, -0.25) is 4.79 Å². The molecule has 0 spiro atoms. The Bertz CT molecular complexity index is 191. The number of hydrogen-bond donors (Lipinski definition) is 0. The highest BCUT2D eigenvalue weighted by Gasteiger charge is 2.23. The lowest BCUT2D eigenvalue weighted by molar-refractivity contribution is -0.130. The van der Waals surface area contributed by atoms with Crippen LogP contribution in [0.3, 0.4) is 0 Å². The number of hydrogen-bond acceptors (Lipinski definition) is 2. The lowest BCUT2D eigenvalue weighted by Crippen LogP contribution is -2.52. The minimum atomic E-state index is 0.0515. The van der Waals surface area contributed by atoms with Crippen molar-refractivity contribution < 1.29 is 4.79 Å². The Hall–Kier alpha value is -0.830. The zero-order valence-corrected chi connectivity index (χ0v) is 7.79. The van der Waals surface area contributed by atoms with E-state index >= 15 is 0 Å². The molecule has 1 aliphatic rings. The summed E-state index contributed by atoms with van der Waals surface area (Å²) in [5.74, 6) is 0.0515. The van der Waals surface area contributed by atoms with Gasteiger partial charge in [-0.1, -0.05) is 6.58 Å². The van der Waals surface area contributed by atoms with Crippen LogP contribution in [-0.4, -0.2) is 48.4 Å². The topological polar surface area (TPSA) is 23.6 Å². The molecule has 0 aliphatic carbocycles. The number of carbonyl (C=O) groups is 1. The quantitative estimate of drug-likeness (QED) is 0.527. The molecule has 0 aromatic heterocycles. The van der Waals surface area contributed by atoms with Gasteiger partial charge in [-0.25, -0.2) is 0 Å². The van der Waals surface area contributed by atoms with E-state index in [1.807, 2.05) is 4.90 Å². The zero-order chi connectivity index (χ0) is 9.14. The molecule has 0 N–H and O–H groups in total. The van der Waals surface area contributed by atoms with Gasteiger partial charge in [0.15, 0.2) is 0 Å². The highest BCUT2D eigenvalue weighted by atomic mass is 16.2. The van der Waals surface area contributed by atoms with Gasteiger partial charge in [-0.2, -0.15) is 0 Å². The lowest BCUT2D eigenvalue weighted by atomic mass is 10.2. The van der Waals surface area contributed by atoms with Gasteiger partial charge in [-0.15, -0.1) is 0 Å². The maximum absolute atomic E-state index is 11.3. The Labute approximate surface area is 73.6 Å². The van der Waals surface area contributed by atoms with Crippen molar-refractivity contribution in [1.82, 2.24) is 9.80 Å². The van der Waals surface area contributed by atoms with Gasteiger partial charge in [0.2, 0.25) is 5.91 Å². The third-order valence-electron chi connectivity index (χ3n) is 2.29. The van der Waals surface area contributed by atoms with E-state index in [0.717, 1.165) is 19.6 Å². The van der Waals surface area contributed by atoms with E-state index in [9.17, 15) is 4.79 Å². The van der Waals surface area contributed by atoms with E-state index in [1.54, 1.807) is 0 Å². The van der Waals surface area contributed by atoms with E-state index in [4.69, 9.17) is 0 Å². The molecule has 0 unspecified atom stereocenters. The minimum Gasteiger partial charge on any atom is -0.334 e. The van der Waals surface area contributed by atoms with Gasteiger partial charge in [0.1, 0.15) is 0 Å². The highest BCUT2D eigenvalue weighted by Crippen LogP contribution is 2.07. The molecule has 0 radical (unpaired) electrons. The van der Waals surface area contributed by atoms with Gasteiger partial charge in [-0.05, 0) is 20.0 Å². The zero-order valence-electron chi connectivity index (χ0n) is 7.79. The largest absolute Gasteiger partial charge is 0.334 e. The Morgan fingerprint density at radius 3 is 2.75 bits per heavy atom. The first-order chi connectivity index (χ1) is 5.65. The molecule has 1 heterocycles. The van der Waals surface area contributed by atoms with Gasteiger partial charge in [0, 0.05) is 25.7 Å². The van der Waals surface area contributed by atoms with Crippen LogP contribution in [0.2, 0.25) is 0 Å². The van der Waals surface area contributed by atoms with Crippen LogP contribution < -0.4 is 0 Å². The van der Waals surface area contributed by atoms with E-state index in [0.29, 0.717) is 6.04 Å². The monoisotopic (exact) mass is 168 g/mol. The standard InChI is InChI=1S/C9H16N2O/c1-4-9(12)11-6-5-10(3)7-8(11)2/h4,8H,1,5-7H2,2-3H3/t8-/m1/s1. The summed E-state index contributed by atoms with van der Waals surface area (Å²) < 4.78 is 0. The van der Waals surface area contributed by atoms with Crippen LogP contribution in [-0.2, 0) is 4.79 Å². The summed E-state index contributed by atoms with van der Waals surface area (Å²) in [5.41, 5.74) is 0. The SMILES string of the molecule is C=CC(=O)N1CCN(C)C[C@H]1C. The van der Waals surface area contributed by atoms with Crippen molar-refractivity contribution in [3.63, 3.8) is 0 Å². The van der Waals surface area contributed by atoms with Crippen LogP contribution in [0.1, 0.15) is 6.92 Å². The van der Waals surface area contributed by atoms with Gasteiger partial charge in [0.25, 0.3) is 0 Å². The van der Waals surface area contributed by atoms with Crippen molar-refractivity contribution in [3.05, 3.63) is 12.7 Å². The summed E-state index contributed by atoms with van der Waals surface area (Å²) in [5, 5.41) is 0. The van der Waals surface area contributed by atoms with Crippen molar-refractivity contribution in [3.8, 4) is 0 Å². The second-order valence-electron chi connectivity index (χ2n) is 3.35. The van der Waals surface area contributed by atoms with E-state index < -0.39 is 0 Å². The Balaban J connectivity index is 2.55. The molecule has 0 saturated carbocycles. The molecular weight excluding hydrogens is 152 g/mol. The second-order valence-corrected chi connectivity index (χ2v) is 3.35. The van der Waals surface area contributed by atoms with Crippen molar-refractivity contribution in [1.29, 1.82) is 0 Å². The van der Waals surface area contributed by atoms with Crippen molar-refractivity contribution >= 4 is 5.91 Å². The molecule has 3 nitrogen and oxygen atoms in total. The van der Waals surface area contributed by atoms with Crippen LogP contribution in [0.25, 0.3) is 0 Å². The fraction of sp³-hybridized carbons (Fsp3) is 0.667. The van der Waals surface area contributed by atoms with Crippen molar-refractivity contribution in [2.75, 3.05) is 26.7 Å². The molecule has 1 rings (SSSR count). The smallest absolute Gasteiger partial charge is 0.246 e. The number of likely N-dealkylation sites (N-methyl/N-ethyl adjacent to an activating group) is 1. The molecule has 1 aliphatic heterocycles. The van der Waals surface area contributed by atoms with Gasteiger partial charge >= 0.3 is 0 Å². The fourth-order valence-corrected chi connectivity index (χ4v) is 1.58. The predicted molar refractivity (Wildman–Crippen MR) is 48.9 cm³/mol. The average molecular weight is 168 g/mol. The molecule has 12 heavy (non-hydrogen) atoms. The molecule has 1 atom stereocenters. The number of amides is 1. The maximum atomic E-state index is 11.3. The fourth-order valence-electron chi connectivity index (χ4n) is 1.58. The van der Waals surface area contributed by atoms with Crippen LogP contribution in [0, 0.1) is 0 Å². The van der Waals surface area contributed by atoms with Gasteiger partial charge in [0.05, 0.1) is 0 Å². The molecule has 0 bridgehead atoms. The minimum absolute atomic E-state index is 0.0515. The summed E-state index contributed by atoms with van der Waals surface area (Å²) >= 11 is 0. The van der Waals surface area contributed by atoms with E-state index in [1.165, 1.54) is 6.08 Å². The normalized spacial score (nSPS) is 25.5. The predicted octanol–water partition coefficient (Wildman–Crippen LogP) is 0.335. The summed E-state index contributed by atoms with van der Waals surface area (Å²) in [4.78, 5) is 15.4. The molecule has 0 aromatic carbocycles. The first-order valence-electron chi connectivity index (χ1n) is 4.26. The third-order valence-corrected chi connectivity index (χ3v) is 2.29. The first kappa shape index (κ1) is 9.26. The summed E-state index contributed by atoms with van der Waals surface area (Å²) in [7, 11) is 2.08. The molecule has 3 heteroatoms. The van der Waals surface area contributed by atoms with Crippen LogP contribution >= 0.6 is 0 Å². The summed E-state index contributed by atoms with van der Waals surface area (Å²) in [6, 6.07) is 0.314. The van der Waals surface area contributed by atoms with Crippen molar-refractivity contribution in [2.45, 2.75) is 13.0 Å². The molecular formula is C9H16N2O.